The van der Waals surface area contributed by atoms with E-state index in [4.69, 9.17) is 0 Å². The van der Waals surface area contributed by atoms with Gasteiger partial charge in [-0.3, -0.25) is 9.69 Å². The van der Waals surface area contributed by atoms with Gasteiger partial charge in [-0.2, -0.15) is 0 Å². The molecule has 0 fully saturated rings. The second-order valence-electron chi connectivity index (χ2n) is 6.51. The maximum absolute atomic E-state index is 13.8. The van der Waals surface area contributed by atoms with Crippen molar-refractivity contribution in [3.05, 3.63) is 65.0 Å². The number of benzene rings is 2. The SMILES string of the molecule is CC(=O)c1c(F)cccc1NCC(O)CN1CCc2ccccc2C1. The van der Waals surface area contributed by atoms with Crippen LogP contribution in [0.3, 0.4) is 0 Å². The monoisotopic (exact) mass is 342 g/mol. The zero-order chi connectivity index (χ0) is 17.8. The van der Waals surface area contributed by atoms with E-state index in [1.807, 2.05) is 6.07 Å². The third-order valence-corrected chi connectivity index (χ3v) is 4.57. The molecule has 2 aromatic rings. The number of carbonyl (C=O) groups excluding carboxylic acids is 1. The Kier molecular flexibility index (Phi) is 5.46. The Morgan fingerprint density at radius 2 is 2.00 bits per heavy atom. The van der Waals surface area contributed by atoms with Crippen molar-refractivity contribution in [2.45, 2.75) is 26.0 Å². The number of Topliss-reactive ketones (excluding diaryl/α,β-unsaturated/α-hetero) is 1. The van der Waals surface area contributed by atoms with Gasteiger partial charge in [-0.15, -0.1) is 0 Å². The summed E-state index contributed by atoms with van der Waals surface area (Å²) in [6.07, 6.45) is 0.377. The Balaban J connectivity index is 1.57. The lowest BCUT2D eigenvalue weighted by molar-refractivity contribution is 0.101. The summed E-state index contributed by atoms with van der Waals surface area (Å²) in [5.41, 5.74) is 3.15. The first-order valence-corrected chi connectivity index (χ1v) is 8.55. The Morgan fingerprint density at radius 1 is 1.24 bits per heavy atom. The number of nitrogens with zero attached hydrogens (tertiary/aromatic N) is 1. The quantitative estimate of drug-likeness (QED) is 0.793. The molecule has 0 saturated carbocycles. The Hall–Kier alpha value is -2.24. The lowest BCUT2D eigenvalue weighted by atomic mass is 10.00. The highest BCUT2D eigenvalue weighted by Gasteiger charge is 2.19. The molecule has 5 heteroatoms. The molecular weight excluding hydrogens is 319 g/mol. The molecule has 0 bridgehead atoms. The van der Waals surface area contributed by atoms with Crippen LogP contribution in [0.25, 0.3) is 0 Å². The van der Waals surface area contributed by atoms with Crippen LogP contribution in [0.1, 0.15) is 28.4 Å². The molecule has 3 rings (SSSR count). The minimum atomic E-state index is -0.603. The first-order chi connectivity index (χ1) is 12.0. The van der Waals surface area contributed by atoms with E-state index in [1.165, 1.54) is 24.1 Å². The van der Waals surface area contributed by atoms with E-state index >= 15 is 0 Å². The van der Waals surface area contributed by atoms with Crippen LogP contribution in [0.4, 0.5) is 10.1 Å². The summed E-state index contributed by atoms with van der Waals surface area (Å²) in [6.45, 7) is 3.87. The molecule has 132 valence electrons. The number of anilines is 1. The van der Waals surface area contributed by atoms with E-state index in [1.54, 1.807) is 12.1 Å². The van der Waals surface area contributed by atoms with Crippen molar-refractivity contribution >= 4 is 11.5 Å². The van der Waals surface area contributed by atoms with Crippen LogP contribution in [0.15, 0.2) is 42.5 Å². The van der Waals surface area contributed by atoms with Crippen LogP contribution < -0.4 is 5.32 Å². The molecule has 1 aliphatic heterocycles. The van der Waals surface area contributed by atoms with Gasteiger partial charge in [0.2, 0.25) is 0 Å². The van der Waals surface area contributed by atoms with Gasteiger partial charge in [0.05, 0.1) is 11.7 Å². The van der Waals surface area contributed by atoms with Crippen molar-refractivity contribution in [1.29, 1.82) is 0 Å². The summed E-state index contributed by atoms with van der Waals surface area (Å²) >= 11 is 0. The third kappa shape index (κ3) is 4.24. The van der Waals surface area contributed by atoms with Crippen LogP contribution >= 0.6 is 0 Å². The van der Waals surface area contributed by atoms with Crippen LogP contribution in [0, 0.1) is 5.82 Å². The molecular formula is C20H23FN2O2. The lowest BCUT2D eigenvalue weighted by Gasteiger charge is -2.30. The number of β-amino-alcohol motifs (C(OH)–C–C–N with tert-alkyl or cyclic N) is 1. The first-order valence-electron chi connectivity index (χ1n) is 8.55. The van der Waals surface area contributed by atoms with E-state index < -0.39 is 11.9 Å². The standard InChI is InChI=1S/C20H23FN2O2/c1-14(24)20-18(21)7-4-8-19(20)22-11-17(25)13-23-10-9-15-5-2-3-6-16(15)12-23/h2-8,17,22,25H,9-13H2,1H3. The number of carbonyl (C=O) groups is 1. The molecule has 1 atom stereocenters. The summed E-state index contributed by atoms with van der Waals surface area (Å²) in [4.78, 5) is 13.8. The zero-order valence-corrected chi connectivity index (χ0v) is 14.3. The van der Waals surface area contributed by atoms with Gasteiger partial charge in [0.25, 0.3) is 0 Å². The smallest absolute Gasteiger partial charge is 0.164 e. The molecule has 0 aliphatic carbocycles. The number of aliphatic hydroxyl groups excluding tert-OH is 1. The van der Waals surface area contributed by atoms with Crippen LogP contribution in [0.5, 0.6) is 0 Å². The second kappa shape index (κ2) is 7.76. The highest BCUT2D eigenvalue weighted by molar-refractivity contribution is 5.99. The molecule has 0 spiro atoms. The second-order valence-corrected chi connectivity index (χ2v) is 6.51. The molecule has 1 heterocycles. The van der Waals surface area contributed by atoms with Crippen LogP contribution in [-0.4, -0.2) is 41.5 Å². The minimum absolute atomic E-state index is 0.0431. The predicted octanol–water partition coefficient (Wildman–Crippen LogP) is 2.86. The van der Waals surface area contributed by atoms with E-state index in [0.29, 0.717) is 12.2 Å². The molecule has 25 heavy (non-hydrogen) atoms. The average Bonchev–Trinajstić information content (AvgIpc) is 2.59. The molecule has 0 aromatic heterocycles. The Bertz CT molecular complexity index is 763. The fourth-order valence-electron chi connectivity index (χ4n) is 3.33. The molecule has 2 N–H and O–H groups in total. The number of rotatable bonds is 6. The molecule has 4 nitrogen and oxygen atoms in total. The summed E-state index contributed by atoms with van der Waals surface area (Å²) in [5.74, 6) is -0.873. The normalized spacial score (nSPS) is 15.5. The third-order valence-electron chi connectivity index (χ3n) is 4.57. The van der Waals surface area contributed by atoms with Gasteiger partial charge in [-0.05, 0) is 36.6 Å². The van der Waals surface area contributed by atoms with Crippen LogP contribution in [-0.2, 0) is 13.0 Å². The van der Waals surface area contributed by atoms with Gasteiger partial charge < -0.3 is 10.4 Å². The van der Waals surface area contributed by atoms with Crippen molar-refractivity contribution in [2.75, 3.05) is 25.0 Å². The molecule has 0 amide bonds. The van der Waals surface area contributed by atoms with E-state index in [0.717, 1.165) is 19.5 Å². The summed E-state index contributed by atoms with van der Waals surface area (Å²) in [7, 11) is 0. The maximum atomic E-state index is 13.8. The fraction of sp³-hybridized carbons (Fsp3) is 0.350. The van der Waals surface area contributed by atoms with Gasteiger partial charge in [-0.25, -0.2) is 4.39 Å². The summed E-state index contributed by atoms with van der Waals surface area (Å²) in [5, 5.41) is 13.3. The Labute approximate surface area is 147 Å². The van der Waals surface area contributed by atoms with Crippen molar-refractivity contribution in [2.24, 2.45) is 0 Å². The predicted molar refractivity (Wildman–Crippen MR) is 96.3 cm³/mol. The Morgan fingerprint density at radius 3 is 2.76 bits per heavy atom. The zero-order valence-electron chi connectivity index (χ0n) is 14.3. The van der Waals surface area contributed by atoms with Crippen molar-refractivity contribution in [1.82, 2.24) is 4.90 Å². The van der Waals surface area contributed by atoms with Crippen molar-refractivity contribution in [3.8, 4) is 0 Å². The minimum Gasteiger partial charge on any atom is -0.390 e. The van der Waals surface area contributed by atoms with Crippen molar-refractivity contribution < 1.29 is 14.3 Å². The van der Waals surface area contributed by atoms with Gasteiger partial charge in [0.1, 0.15) is 5.82 Å². The lowest BCUT2D eigenvalue weighted by Crippen LogP contribution is -2.39. The number of halogens is 1. The molecule has 1 unspecified atom stereocenters. The number of nitrogens with one attached hydrogen (secondary N) is 1. The topological polar surface area (TPSA) is 52.6 Å². The number of ketones is 1. The van der Waals surface area contributed by atoms with E-state index in [2.05, 4.69) is 28.4 Å². The number of hydrogen-bond acceptors (Lipinski definition) is 4. The highest BCUT2D eigenvalue weighted by atomic mass is 19.1. The van der Waals surface area contributed by atoms with Crippen LogP contribution in [0.2, 0.25) is 0 Å². The fourth-order valence-corrected chi connectivity index (χ4v) is 3.33. The van der Waals surface area contributed by atoms with Gasteiger partial charge in [0.15, 0.2) is 5.78 Å². The first kappa shape index (κ1) is 17.6. The summed E-state index contributed by atoms with van der Waals surface area (Å²) < 4.78 is 13.8. The molecule has 1 aliphatic rings. The number of hydrogen-bond donors (Lipinski definition) is 2. The van der Waals surface area contributed by atoms with Gasteiger partial charge >= 0.3 is 0 Å². The highest BCUT2D eigenvalue weighted by Crippen LogP contribution is 2.21. The number of aliphatic hydroxyl groups is 1. The van der Waals surface area contributed by atoms with E-state index in [-0.39, 0.29) is 17.9 Å². The van der Waals surface area contributed by atoms with Crippen molar-refractivity contribution in [3.63, 3.8) is 0 Å². The summed E-state index contributed by atoms with van der Waals surface area (Å²) in [6, 6.07) is 12.8. The van der Waals surface area contributed by atoms with Gasteiger partial charge in [0, 0.05) is 31.9 Å². The van der Waals surface area contributed by atoms with E-state index in [9.17, 15) is 14.3 Å². The molecule has 0 radical (unpaired) electrons. The van der Waals surface area contributed by atoms with Gasteiger partial charge in [-0.1, -0.05) is 30.3 Å². The largest absolute Gasteiger partial charge is 0.390 e. The molecule has 2 aromatic carbocycles. The number of fused-ring (bicyclic) bond motifs is 1. The maximum Gasteiger partial charge on any atom is 0.164 e. The average molecular weight is 342 g/mol. The molecule has 0 saturated heterocycles.